The Balaban J connectivity index is 0.000000405. The summed E-state index contributed by atoms with van der Waals surface area (Å²) < 4.78 is 13.7. The zero-order valence-electron chi connectivity index (χ0n) is 13.9. The van der Waals surface area contributed by atoms with E-state index in [4.69, 9.17) is 9.84 Å². The van der Waals surface area contributed by atoms with Gasteiger partial charge in [-0.1, -0.05) is 12.1 Å². The zero-order chi connectivity index (χ0) is 18.4. The molecule has 0 atom stereocenters. The average molecular weight is 336 g/mol. The summed E-state index contributed by atoms with van der Waals surface area (Å²) in [4.78, 5) is 29.3. The fourth-order valence-electron chi connectivity index (χ4n) is 1.33. The predicted molar refractivity (Wildman–Crippen MR) is 85.8 cm³/mol. The Hall–Kier alpha value is -3.00. The number of aliphatic hydroxyl groups excluding tert-OH is 1. The molecule has 0 fully saturated rings. The highest BCUT2D eigenvalue weighted by Gasteiger charge is 2.06. The van der Waals surface area contributed by atoms with Crippen molar-refractivity contribution in [2.75, 3.05) is 28.4 Å². The van der Waals surface area contributed by atoms with Gasteiger partial charge in [-0.2, -0.15) is 0 Å². The summed E-state index contributed by atoms with van der Waals surface area (Å²) in [6.07, 6.45) is 1.55. The van der Waals surface area contributed by atoms with Gasteiger partial charge in [0.05, 0.1) is 21.3 Å². The first-order chi connectivity index (χ1) is 11.6. The van der Waals surface area contributed by atoms with E-state index < -0.39 is 11.9 Å². The van der Waals surface area contributed by atoms with E-state index in [0.29, 0.717) is 11.6 Å². The summed E-state index contributed by atoms with van der Waals surface area (Å²) in [5, 5.41) is 7.00. The van der Waals surface area contributed by atoms with Crippen LogP contribution in [-0.2, 0) is 9.47 Å². The highest BCUT2D eigenvalue weighted by atomic mass is 16.5. The molecular formula is C16H20N2O6. The van der Waals surface area contributed by atoms with E-state index in [0.717, 1.165) is 7.11 Å². The van der Waals surface area contributed by atoms with Crippen molar-refractivity contribution in [2.45, 2.75) is 0 Å². The summed E-state index contributed by atoms with van der Waals surface area (Å²) >= 11 is 0. The summed E-state index contributed by atoms with van der Waals surface area (Å²) in [5.74, 6) is -0.465. The Bertz CT molecular complexity index is 619. The third kappa shape index (κ3) is 7.32. The molecule has 130 valence electrons. The lowest BCUT2D eigenvalue weighted by atomic mass is 10.3. The van der Waals surface area contributed by atoms with Crippen molar-refractivity contribution in [3.63, 3.8) is 0 Å². The number of rotatable bonds is 3. The molecule has 0 aliphatic carbocycles. The van der Waals surface area contributed by atoms with Crippen LogP contribution in [0.5, 0.6) is 5.88 Å². The van der Waals surface area contributed by atoms with Gasteiger partial charge in [0.1, 0.15) is 5.69 Å². The lowest BCUT2D eigenvalue weighted by molar-refractivity contribution is 0.0585. The number of methoxy groups -OCH3 is 3. The number of hydrogen-bond acceptors (Lipinski definition) is 8. The number of pyridine rings is 2. The molecule has 2 heterocycles. The number of carbonyl (C=O) groups excluding carboxylic acids is 2. The minimum atomic E-state index is -0.464. The van der Waals surface area contributed by atoms with Gasteiger partial charge in [0.2, 0.25) is 5.88 Å². The van der Waals surface area contributed by atoms with Crippen LogP contribution in [0.4, 0.5) is 0 Å². The van der Waals surface area contributed by atoms with Crippen molar-refractivity contribution < 1.29 is 28.9 Å². The predicted octanol–water partition coefficient (Wildman–Crippen LogP) is 1.35. The van der Waals surface area contributed by atoms with Crippen LogP contribution in [0.2, 0.25) is 0 Å². The van der Waals surface area contributed by atoms with Crippen LogP contribution in [0.15, 0.2) is 42.6 Å². The maximum Gasteiger partial charge on any atom is 0.356 e. The molecule has 8 heteroatoms. The molecular weight excluding hydrogens is 316 g/mol. The van der Waals surface area contributed by atoms with Gasteiger partial charge in [0.15, 0.2) is 5.69 Å². The fraction of sp³-hybridized carbons (Fsp3) is 0.250. The van der Waals surface area contributed by atoms with Crippen LogP contribution in [0.1, 0.15) is 21.0 Å². The molecule has 8 nitrogen and oxygen atoms in total. The summed E-state index contributed by atoms with van der Waals surface area (Å²) in [6.45, 7) is 0. The monoisotopic (exact) mass is 336 g/mol. The molecule has 2 rings (SSSR count). The number of carbonyl (C=O) groups is 2. The molecule has 0 bridgehead atoms. The van der Waals surface area contributed by atoms with Crippen LogP contribution < -0.4 is 4.74 Å². The van der Waals surface area contributed by atoms with Crippen molar-refractivity contribution >= 4 is 11.9 Å². The summed E-state index contributed by atoms with van der Waals surface area (Å²) in [5.41, 5.74) is 0.585. The lowest BCUT2D eigenvalue weighted by Gasteiger charge is -2.00. The summed E-state index contributed by atoms with van der Waals surface area (Å²) in [6, 6.07) is 9.98. The quantitative estimate of drug-likeness (QED) is 0.837. The number of ether oxygens (including phenoxy) is 3. The molecule has 2 aromatic heterocycles. The first kappa shape index (κ1) is 21.0. The standard InChI is InChI=1S/C8H9NO3.C7H7NO2.CH4O/c1-11-7-5-3-4-6(9-7)8(10)12-2;1-10-7(9)6-4-2-3-5-8-6;1-2/h3-5H,1-2H3;2-5H,1H3;2H,1H3. The van der Waals surface area contributed by atoms with Gasteiger partial charge in [-0.25, -0.2) is 19.6 Å². The van der Waals surface area contributed by atoms with Crippen molar-refractivity contribution in [1.29, 1.82) is 0 Å². The van der Waals surface area contributed by atoms with E-state index in [-0.39, 0.29) is 5.69 Å². The number of nitrogens with zero attached hydrogens (tertiary/aromatic N) is 2. The second-order valence-corrected chi connectivity index (χ2v) is 3.76. The van der Waals surface area contributed by atoms with Gasteiger partial charge in [0, 0.05) is 19.4 Å². The second kappa shape index (κ2) is 12.5. The third-order valence-electron chi connectivity index (χ3n) is 2.39. The minimum Gasteiger partial charge on any atom is -0.481 e. The van der Waals surface area contributed by atoms with Crippen molar-refractivity contribution in [3.8, 4) is 5.88 Å². The zero-order valence-corrected chi connectivity index (χ0v) is 13.9. The molecule has 0 saturated carbocycles. The molecule has 2 aromatic rings. The molecule has 1 N–H and O–H groups in total. The van der Waals surface area contributed by atoms with Gasteiger partial charge in [-0.3, -0.25) is 0 Å². The highest BCUT2D eigenvalue weighted by molar-refractivity contribution is 5.87. The van der Waals surface area contributed by atoms with Gasteiger partial charge >= 0.3 is 11.9 Å². The molecule has 0 amide bonds. The normalized spacial score (nSPS) is 8.54. The van der Waals surface area contributed by atoms with Crippen LogP contribution in [0.3, 0.4) is 0 Å². The van der Waals surface area contributed by atoms with E-state index in [9.17, 15) is 9.59 Å². The Kier molecular flexibility index (Phi) is 11.0. The van der Waals surface area contributed by atoms with Crippen molar-refractivity contribution in [1.82, 2.24) is 9.97 Å². The van der Waals surface area contributed by atoms with Crippen LogP contribution in [0.25, 0.3) is 0 Å². The van der Waals surface area contributed by atoms with Gasteiger partial charge in [-0.05, 0) is 18.2 Å². The van der Waals surface area contributed by atoms with Gasteiger partial charge in [0.25, 0.3) is 0 Å². The van der Waals surface area contributed by atoms with E-state index >= 15 is 0 Å². The minimum absolute atomic E-state index is 0.247. The number of esters is 2. The second-order valence-electron chi connectivity index (χ2n) is 3.76. The number of aromatic nitrogens is 2. The first-order valence-corrected chi connectivity index (χ1v) is 6.65. The Labute approximate surface area is 140 Å². The number of hydrogen-bond donors (Lipinski definition) is 1. The van der Waals surface area contributed by atoms with Crippen molar-refractivity contribution in [2.24, 2.45) is 0 Å². The van der Waals surface area contributed by atoms with Gasteiger partial charge < -0.3 is 19.3 Å². The molecule has 0 unspecified atom stereocenters. The topological polar surface area (TPSA) is 108 Å². The van der Waals surface area contributed by atoms with E-state index in [1.807, 2.05) is 0 Å². The SMILES string of the molecule is CO.COC(=O)c1cccc(OC)n1.COC(=O)c1ccccn1. The Morgan fingerprint density at radius 2 is 1.46 bits per heavy atom. The largest absolute Gasteiger partial charge is 0.481 e. The Morgan fingerprint density at radius 1 is 0.875 bits per heavy atom. The molecule has 0 radical (unpaired) electrons. The van der Waals surface area contributed by atoms with E-state index in [1.165, 1.54) is 21.3 Å². The van der Waals surface area contributed by atoms with E-state index in [2.05, 4.69) is 19.4 Å². The molecule has 0 aliphatic rings. The van der Waals surface area contributed by atoms with Crippen LogP contribution >= 0.6 is 0 Å². The summed E-state index contributed by atoms with van der Waals surface area (Å²) in [7, 11) is 5.13. The maximum absolute atomic E-state index is 10.9. The molecule has 0 aliphatic heterocycles. The lowest BCUT2D eigenvalue weighted by Crippen LogP contribution is -2.04. The highest BCUT2D eigenvalue weighted by Crippen LogP contribution is 2.06. The van der Waals surface area contributed by atoms with Gasteiger partial charge in [-0.15, -0.1) is 0 Å². The van der Waals surface area contributed by atoms with E-state index in [1.54, 1.807) is 42.6 Å². The molecule has 0 saturated heterocycles. The number of aliphatic hydroxyl groups is 1. The van der Waals surface area contributed by atoms with Crippen molar-refractivity contribution in [3.05, 3.63) is 54.0 Å². The molecule has 0 aromatic carbocycles. The third-order valence-corrected chi connectivity index (χ3v) is 2.39. The molecule has 24 heavy (non-hydrogen) atoms. The maximum atomic E-state index is 10.9. The first-order valence-electron chi connectivity index (χ1n) is 6.65. The Morgan fingerprint density at radius 3 is 1.96 bits per heavy atom. The van der Waals surface area contributed by atoms with Crippen LogP contribution in [-0.4, -0.2) is 55.5 Å². The average Bonchev–Trinajstić information content (AvgIpc) is 2.69. The van der Waals surface area contributed by atoms with Crippen LogP contribution in [0, 0.1) is 0 Å². The smallest absolute Gasteiger partial charge is 0.356 e. The fourth-order valence-corrected chi connectivity index (χ4v) is 1.33. The molecule has 0 spiro atoms.